The van der Waals surface area contributed by atoms with Crippen LogP contribution in [0.5, 0.6) is 0 Å². The van der Waals surface area contributed by atoms with E-state index in [0.717, 1.165) is 28.4 Å². The number of carbonyl (C=O) groups is 1. The third-order valence-electron chi connectivity index (χ3n) is 6.15. The minimum absolute atomic E-state index is 0.0515. The summed E-state index contributed by atoms with van der Waals surface area (Å²) in [4.78, 5) is 19.5. The number of amides is 1. The number of thiocarbonyl (C=S) groups is 1. The number of aryl methyl sites for hydroxylation is 1. The summed E-state index contributed by atoms with van der Waals surface area (Å²) >= 11 is 5.75. The largest absolute Gasteiger partial charge is 0.467 e. The van der Waals surface area contributed by atoms with Crippen LogP contribution in [0.15, 0.2) is 89.8 Å². The van der Waals surface area contributed by atoms with Crippen molar-refractivity contribution in [3.05, 3.63) is 108 Å². The van der Waals surface area contributed by atoms with Crippen LogP contribution >= 0.6 is 12.2 Å². The summed E-state index contributed by atoms with van der Waals surface area (Å²) < 4.78 is 7.75. The first-order chi connectivity index (χ1) is 17.1. The molecule has 5 rings (SSSR count). The molecule has 3 aromatic heterocycles. The van der Waals surface area contributed by atoms with E-state index in [2.05, 4.69) is 31.2 Å². The Kier molecular flexibility index (Phi) is 6.63. The number of furan rings is 1. The Labute approximate surface area is 209 Å². The lowest BCUT2D eigenvalue weighted by atomic mass is 10.0. The Morgan fingerprint density at radius 1 is 1.14 bits per heavy atom. The van der Waals surface area contributed by atoms with Crippen molar-refractivity contribution in [1.82, 2.24) is 19.8 Å². The predicted octanol–water partition coefficient (Wildman–Crippen LogP) is 4.83. The van der Waals surface area contributed by atoms with Crippen LogP contribution in [0.3, 0.4) is 0 Å². The maximum atomic E-state index is 12.8. The molecule has 35 heavy (non-hydrogen) atoms. The van der Waals surface area contributed by atoms with Crippen molar-refractivity contribution in [2.45, 2.75) is 32.0 Å². The predicted molar refractivity (Wildman–Crippen MR) is 139 cm³/mol. The summed E-state index contributed by atoms with van der Waals surface area (Å²) in [5, 5.41) is 7.06. The van der Waals surface area contributed by atoms with E-state index in [-0.39, 0.29) is 18.0 Å². The van der Waals surface area contributed by atoms with Gasteiger partial charge in [-0.3, -0.25) is 9.78 Å². The van der Waals surface area contributed by atoms with Gasteiger partial charge in [0.05, 0.1) is 30.6 Å². The molecule has 1 aromatic carbocycles. The highest BCUT2D eigenvalue weighted by Gasteiger charge is 2.41. The molecule has 1 saturated heterocycles. The van der Waals surface area contributed by atoms with Crippen molar-refractivity contribution < 1.29 is 9.21 Å². The van der Waals surface area contributed by atoms with Crippen LogP contribution in [0.4, 0.5) is 5.69 Å². The van der Waals surface area contributed by atoms with Crippen LogP contribution in [0.2, 0.25) is 0 Å². The zero-order valence-corrected chi connectivity index (χ0v) is 20.2. The fourth-order valence-corrected chi connectivity index (χ4v) is 4.88. The lowest BCUT2D eigenvalue weighted by molar-refractivity contribution is -0.116. The van der Waals surface area contributed by atoms with Gasteiger partial charge in [0.25, 0.3) is 0 Å². The summed E-state index contributed by atoms with van der Waals surface area (Å²) in [7, 11) is 0. The molecule has 1 aliphatic rings. The molecule has 0 spiro atoms. The number of nitrogens with one attached hydrogen (secondary N) is 2. The van der Waals surface area contributed by atoms with Gasteiger partial charge in [-0.1, -0.05) is 18.2 Å². The zero-order chi connectivity index (χ0) is 24.2. The first-order valence-corrected chi connectivity index (χ1v) is 12.0. The highest BCUT2D eigenvalue weighted by atomic mass is 32.1. The highest BCUT2D eigenvalue weighted by Crippen LogP contribution is 2.39. The van der Waals surface area contributed by atoms with Crippen LogP contribution in [0.1, 0.15) is 41.2 Å². The fourth-order valence-electron chi connectivity index (χ4n) is 4.55. The summed E-state index contributed by atoms with van der Waals surface area (Å²) in [5.74, 6) is 0.818. The van der Waals surface area contributed by atoms with Gasteiger partial charge in [0.1, 0.15) is 5.76 Å². The number of nitrogens with zero attached hydrogens (tertiary/aromatic N) is 3. The normalized spacial score (nSPS) is 17.4. The minimum Gasteiger partial charge on any atom is -0.467 e. The molecule has 1 amide bonds. The molecule has 7 nitrogen and oxygen atoms in total. The number of hydrogen-bond donors (Lipinski definition) is 2. The monoisotopic (exact) mass is 485 g/mol. The number of anilines is 1. The quantitative estimate of drug-likeness (QED) is 0.348. The van der Waals surface area contributed by atoms with Gasteiger partial charge in [0.2, 0.25) is 5.91 Å². The average Bonchev–Trinajstić information content (AvgIpc) is 3.59. The Hall–Kier alpha value is -3.91. The van der Waals surface area contributed by atoms with E-state index in [4.69, 9.17) is 16.6 Å². The molecule has 4 aromatic rings. The number of benzene rings is 1. The minimum atomic E-state index is -0.145. The van der Waals surface area contributed by atoms with Crippen LogP contribution in [-0.4, -0.2) is 32.0 Å². The first-order valence-electron chi connectivity index (χ1n) is 11.6. The molecule has 0 radical (unpaired) electrons. The number of hydrogen-bond acceptors (Lipinski definition) is 4. The van der Waals surface area contributed by atoms with Crippen molar-refractivity contribution in [2.75, 3.05) is 11.9 Å². The molecule has 178 valence electrons. The van der Waals surface area contributed by atoms with Crippen molar-refractivity contribution in [3.63, 3.8) is 0 Å². The summed E-state index contributed by atoms with van der Waals surface area (Å²) in [5.41, 5.74) is 3.87. The van der Waals surface area contributed by atoms with Crippen LogP contribution < -0.4 is 10.6 Å². The summed E-state index contributed by atoms with van der Waals surface area (Å²) in [6.07, 6.45) is 5.81. The Bertz CT molecular complexity index is 1300. The van der Waals surface area contributed by atoms with E-state index < -0.39 is 0 Å². The first kappa shape index (κ1) is 22.9. The number of carbonyl (C=O) groups excluding carboxylic acids is 1. The Morgan fingerprint density at radius 3 is 2.83 bits per heavy atom. The third kappa shape index (κ3) is 5.12. The maximum Gasteiger partial charge on any atom is 0.226 e. The van der Waals surface area contributed by atoms with Gasteiger partial charge in [-0.05, 0) is 73.2 Å². The molecule has 2 atom stereocenters. The van der Waals surface area contributed by atoms with Crippen molar-refractivity contribution in [3.8, 4) is 0 Å². The van der Waals surface area contributed by atoms with E-state index in [0.29, 0.717) is 24.6 Å². The van der Waals surface area contributed by atoms with Crippen molar-refractivity contribution in [2.24, 2.45) is 0 Å². The molecule has 1 aliphatic heterocycles. The van der Waals surface area contributed by atoms with Crippen LogP contribution in [0, 0.1) is 6.92 Å². The molecular weight excluding hydrogens is 458 g/mol. The third-order valence-corrected chi connectivity index (χ3v) is 6.51. The molecule has 0 unspecified atom stereocenters. The van der Waals surface area contributed by atoms with Gasteiger partial charge < -0.3 is 24.5 Å². The van der Waals surface area contributed by atoms with Crippen molar-refractivity contribution in [1.29, 1.82) is 0 Å². The van der Waals surface area contributed by atoms with E-state index in [9.17, 15) is 4.79 Å². The SMILES string of the molecule is Cc1cccc(NC(=O)CCN2C(=S)N[C@@H](c3ccccn3)[C@@H]2c2cccn2Cc2ccco2)c1. The maximum absolute atomic E-state index is 12.8. The molecule has 0 saturated carbocycles. The van der Waals surface area contributed by atoms with E-state index >= 15 is 0 Å². The Balaban J connectivity index is 1.39. The molecule has 1 fully saturated rings. The number of aromatic nitrogens is 2. The summed E-state index contributed by atoms with van der Waals surface area (Å²) in [6, 6.07) is 21.4. The lowest BCUT2D eigenvalue weighted by Crippen LogP contribution is -2.33. The van der Waals surface area contributed by atoms with E-state index in [1.165, 1.54) is 0 Å². The molecule has 2 N–H and O–H groups in total. The molecule has 8 heteroatoms. The number of rotatable bonds is 8. The fraction of sp³-hybridized carbons (Fsp3) is 0.222. The van der Waals surface area contributed by atoms with Gasteiger partial charge in [0, 0.05) is 36.7 Å². The van der Waals surface area contributed by atoms with Crippen LogP contribution in [-0.2, 0) is 11.3 Å². The van der Waals surface area contributed by atoms with E-state index in [1.807, 2.05) is 73.8 Å². The smallest absolute Gasteiger partial charge is 0.226 e. The van der Waals surface area contributed by atoms with Gasteiger partial charge >= 0.3 is 0 Å². The zero-order valence-electron chi connectivity index (χ0n) is 19.4. The molecule has 4 heterocycles. The van der Waals surface area contributed by atoms with Gasteiger partial charge in [-0.25, -0.2) is 0 Å². The molecular formula is C27H27N5O2S. The second-order valence-corrected chi connectivity index (χ2v) is 9.01. The van der Waals surface area contributed by atoms with Gasteiger partial charge in [0.15, 0.2) is 5.11 Å². The summed E-state index contributed by atoms with van der Waals surface area (Å²) in [6.45, 7) is 3.09. The topological polar surface area (TPSA) is 75.3 Å². The second kappa shape index (κ2) is 10.1. The molecule has 0 aliphatic carbocycles. The molecule has 0 bridgehead atoms. The standard InChI is InChI=1S/C27H27N5O2S/c1-19-7-4-8-20(17-19)29-24(33)12-15-32-26(25(30-27(32)35)22-10-2-3-13-28-22)23-11-5-14-31(23)18-21-9-6-16-34-21/h2-11,13-14,16-17,25-26H,12,15,18H2,1H3,(H,29,33)(H,30,35)/t25-,26-/m0/s1. The second-order valence-electron chi connectivity index (χ2n) is 8.63. The van der Waals surface area contributed by atoms with Crippen molar-refractivity contribution >= 4 is 28.9 Å². The van der Waals surface area contributed by atoms with Gasteiger partial charge in [-0.15, -0.1) is 0 Å². The lowest BCUT2D eigenvalue weighted by Gasteiger charge is -2.28. The van der Waals surface area contributed by atoms with Crippen LogP contribution in [0.25, 0.3) is 0 Å². The van der Waals surface area contributed by atoms with Gasteiger partial charge in [-0.2, -0.15) is 0 Å². The van der Waals surface area contributed by atoms with E-state index in [1.54, 1.807) is 12.5 Å². The average molecular weight is 486 g/mol. The highest BCUT2D eigenvalue weighted by molar-refractivity contribution is 7.80. The number of pyridine rings is 1. The Morgan fingerprint density at radius 2 is 2.06 bits per heavy atom.